The van der Waals surface area contributed by atoms with E-state index in [2.05, 4.69) is 49.4 Å². The van der Waals surface area contributed by atoms with Crippen molar-refractivity contribution in [3.8, 4) is 0 Å². The Bertz CT molecular complexity index is 376. The van der Waals surface area contributed by atoms with Crippen molar-refractivity contribution in [2.45, 2.75) is 12.8 Å². The molecule has 0 saturated heterocycles. The van der Waals surface area contributed by atoms with Crippen molar-refractivity contribution in [3.05, 3.63) is 59.9 Å². The molecule has 0 bridgehead atoms. The van der Waals surface area contributed by atoms with Gasteiger partial charge in [0.25, 0.3) is 0 Å². The van der Waals surface area contributed by atoms with E-state index < -0.39 is 0 Å². The fourth-order valence-corrected chi connectivity index (χ4v) is 1.90. The summed E-state index contributed by atoms with van der Waals surface area (Å²) in [6.45, 7) is 2.15. The lowest BCUT2D eigenvalue weighted by Gasteiger charge is -2.20. The van der Waals surface area contributed by atoms with Crippen LogP contribution in [-0.4, -0.2) is 7.11 Å². The minimum Gasteiger partial charge on any atom is -0.501 e. The van der Waals surface area contributed by atoms with Gasteiger partial charge < -0.3 is 4.74 Å². The molecule has 2 atom stereocenters. The van der Waals surface area contributed by atoms with Crippen molar-refractivity contribution in [3.63, 3.8) is 0 Å². The number of ether oxygens (including phenoxy) is 1. The highest BCUT2D eigenvalue weighted by molar-refractivity contribution is 5.33. The summed E-state index contributed by atoms with van der Waals surface area (Å²) in [4.78, 5) is 0. The summed E-state index contributed by atoms with van der Waals surface area (Å²) in [5, 5.41) is 0. The Hall–Kier alpha value is -1.50. The number of allylic oxidation sites excluding steroid dienone is 3. The van der Waals surface area contributed by atoms with E-state index in [0.29, 0.717) is 11.8 Å². The highest BCUT2D eigenvalue weighted by Crippen LogP contribution is 2.28. The van der Waals surface area contributed by atoms with Crippen LogP contribution in [0.3, 0.4) is 0 Å². The first-order valence-electron chi connectivity index (χ1n) is 5.30. The third-order valence-corrected chi connectivity index (χ3v) is 2.82. The van der Waals surface area contributed by atoms with Gasteiger partial charge in [-0.1, -0.05) is 49.4 Å². The summed E-state index contributed by atoms with van der Waals surface area (Å²) < 4.78 is 5.36. The molecule has 0 spiro atoms. The zero-order chi connectivity index (χ0) is 10.7. The zero-order valence-corrected chi connectivity index (χ0v) is 9.18. The van der Waals surface area contributed by atoms with Gasteiger partial charge in [0, 0.05) is 11.8 Å². The maximum Gasteiger partial charge on any atom is 0.0990 e. The van der Waals surface area contributed by atoms with Crippen LogP contribution in [0.5, 0.6) is 0 Å². The van der Waals surface area contributed by atoms with Gasteiger partial charge in [0.1, 0.15) is 0 Å². The summed E-state index contributed by atoms with van der Waals surface area (Å²) in [6.07, 6.45) is 6.64. The highest BCUT2D eigenvalue weighted by Gasteiger charge is 2.15. The van der Waals surface area contributed by atoms with E-state index in [1.807, 2.05) is 6.07 Å². The monoisotopic (exact) mass is 200 g/mol. The van der Waals surface area contributed by atoms with Crippen LogP contribution < -0.4 is 0 Å². The Kier molecular flexibility index (Phi) is 2.91. The molecule has 0 amide bonds. The summed E-state index contributed by atoms with van der Waals surface area (Å²) in [6, 6.07) is 10.5. The Morgan fingerprint density at radius 2 is 1.80 bits per heavy atom. The maximum absolute atomic E-state index is 5.36. The molecule has 0 saturated carbocycles. The van der Waals surface area contributed by atoms with E-state index >= 15 is 0 Å². The molecule has 2 rings (SSSR count). The molecule has 0 fully saturated rings. The normalized spacial score (nSPS) is 24.8. The first kappa shape index (κ1) is 10.0. The molecule has 0 aliphatic heterocycles. The minimum absolute atomic E-state index is 0.359. The molecule has 1 aromatic carbocycles. The first-order valence-corrected chi connectivity index (χ1v) is 5.30. The van der Waals surface area contributed by atoms with Crippen LogP contribution in [-0.2, 0) is 4.74 Å². The molecular weight excluding hydrogens is 184 g/mol. The molecule has 15 heavy (non-hydrogen) atoms. The third kappa shape index (κ3) is 2.12. The molecule has 1 aromatic rings. The van der Waals surface area contributed by atoms with Gasteiger partial charge in [-0.15, -0.1) is 0 Å². The summed E-state index contributed by atoms with van der Waals surface area (Å²) in [5.74, 6) is 1.82. The van der Waals surface area contributed by atoms with E-state index in [4.69, 9.17) is 4.74 Å². The van der Waals surface area contributed by atoms with E-state index in [1.165, 1.54) is 5.56 Å². The van der Waals surface area contributed by atoms with E-state index in [0.717, 1.165) is 5.76 Å². The largest absolute Gasteiger partial charge is 0.501 e. The van der Waals surface area contributed by atoms with Gasteiger partial charge in [-0.3, -0.25) is 0 Å². The average Bonchev–Trinajstić information content (AvgIpc) is 2.31. The zero-order valence-electron chi connectivity index (χ0n) is 9.18. The average molecular weight is 200 g/mol. The number of benzene rings is 1. The van der Waals surface area contributed by atoms with Crippen molar-refractivity contribution in [2.24, 2.45) is 5.92 Å². The molecule has 1 aliphatic carbocycles. The molecular formula is C14H16O. The fraction of sp³-hybridized carbons (Fsp3) is 0.286. The van der Waals surface area contributed by atoms with Crippen LogP contribution in [0, 0.1) is 5.92 Å². The standard InChI is InChI=1S/C14H16O/c1-11-8-9-13(10-14(11)15-2)12-6-4-3-5-7-12/h3-11,13H,1-2H3/t11?,13-/m0/s1. The Morgan fingerprint density at radius 3 is 2.47 bits per heavy atom. The molecule has 0 heterocycles. The lowest BCUT2D eigenvalue weighted by atomic mass is 9.90. The molecule has 0 aromatic heterocycles. The Labute approximate surface area is 91.1 Å². The topological polar surface area (TPSA) is 9.23 Å². The van der Waals surface area contributed by atoms with Gasteiger partial charge in [0.05, 0.1) is 12.9 Å². The first-order chi connectivity index (χ1) is 7.31. The van der Waals surface area contributed by atoms with Crippen LogP contribution in [0.4, 0.5) is 0 Å². The predicted molar refractivity (Wildman–Crippen MR) is 62.6 cm³/mol. The Morgan fingerprint density at radius 1 is 1.07 bits per heavy atom. The molecule has 0 N–H and O–H groups in total. The molecule has 1 aliphatic rings. The van der Waals surface area contributed by atoms with Crippen LogP contribution in [0.1, 0.15) is 18.4 Å². The molecule has 1 heteroatoms. The van der Waals surface area contributed by atoms with Gasteiger partial charge >= 0.3 is 0 Å². The number of hydrogen-bond donors (Lipinski definition) is 0. The highest BCUT2D eigenvalue weighted by atomic mass is 16.5. The SMILES string of the molecule is COC1=C[C@@H](c2ccccc2)C=CC1C. The molecule has 0 radical (unpaired) electrons. The lowest BCUT2D eigenvalue weighted by molar-refractivity contribution is 0.257. The van der Waals surface area contributed by atoms with E-state index in [9.17, 15) is 0 Å². The van der Waals surface area contributed by atoms with Crippen LogP contribution in [0.2, 0.25) is 0 Å². The van der Waals surface area contributed by atoms with Gasteiger partial charge in [-0.05, 0) is 11.6 Å². The number of rotatable bonds is 2. The second kappa shape index (κ2) is 4.35. The summed E-state index contributed by atoms with van der Waals surface area (Å²) in [7, 11) is 1.74. The smallest absolute Gasteiger partial charge is 0.0990 e. The summed E-state index contributed by atoms with van der Waals surface area (Å²) >= 11 is 0. The van der Waals surface area contributed by atoms with Crippen LogP contribution in [0.15, 0.2) is 54.3 Å². The van der Waals surface area contributed by atoms with E-state index in [1.54, 1.807) is 7.11 Å². The number of hydrogen-bond acceptors (Lipinski definition) is 1. The second-order valence-electron chi connectivity index (χ2n) is 3.88. The van der Waals surface area contributed by atoms with Crippen molar-refractivity contribution in [1.82, 2.24) is 0 Å². The maximum atomic E-state index is 5.36. The van der Waals surface area contributed by atoms with Crippen molar-refractivity contribution >= 4 is 0 Å². The quantitative estimate of drug-likeness (QED) is 0.664. The molecule has 1 unspecified atom stereocenters. The molecule has 1 nitrogen and oxygen atoms in total. The summed E-state index contributed by atoms with van der Waals surface area (Å²) in [5.41, 5.74) is 1.32. The molecule has 78 valence electrons. The van der Waals surface area contributed by atoms with Crippen molar-refractivity contribution < 1.29 is 4.74 Å². The van der Waals surface area contributed by atoms with Crippen molar-refractivity contribution in [1.29, 1.82) is 0 Å². The Balaban J connectivity index is 2.26. The van der Waals surface area contributed by atoms with Crippen LogP contribution in [0.25, 0.3) is 0 Å². The van der Waals surface area contributed by atoms with Gasteiger partial charge in [0.2, 0.25) is 0 Å². The minimum atomic E-state index is 0.359. The van der Waals surface area contributed by atoms with Gasteiger partial charge in [-0.2, -0.15) is 0 Å². The predicted octanol–water partition coefficient (Wildman–Crippen LogP) is 3.51. The van der Waals surface area contributed by atoms with Gasteiger partial charge in [0.15, 0.2) is 0 Å². The van der Waals surface area contributed by atoms with E-state index in [-0.39, 0.29) is 0 Å². The number of methoxy groups -OCH3 is 1. The third-order valence-electron chi connectivity index (χ3n) is 2.82. The van der Waals surface area contributed by atoms with Gasteiger partial charge in [-0.25, -0.2) is 0 Å². The second-order valence-corrected chi connectivity index (χ2v) is 3.88. The lowest BCUT2D eigenvalue weighted by Crippen LogP contribution is -2.06. The van der Waals surface area contributed by atoms with Crippen molar-refractivity contribution in [2.75, 3.05) is 7.11 Å². The van der Waals surface area contributed by atoms with Crippen LogP contribution >= 0.6 is 0 Å². The fourth-order valence-electron chi connectivity index (χ4n) is 1.90.